The molecule has 1 N–H and O–H groups in total. The Hall–Kier alpha value is -1.55. The van der Waals surface area contributed by atoms with E-state index < -0.39 is 11.6 Å². The first-order valence-corrected chi connectivity index (χ1v) is 7.49. The monoisotopic (exact) mass is 338 g/mol. The predicted octanol–water partition coefficient (Wildman–Crippen LogP) is 3.68. The molecule has 0 aliphatic heterocycles. The number of benzene rings is 2. The molecule has 0 saturated heterocycles. The lowest BCUT2D eigenvalue weighted by atomic mass is 9.88. The van der Waals surface area contributed by atoms with Crippen LogP contribution in [-0.4, -0.2) is 23.8 Å². The van der Waals surface area contributed by atoms with Crippen LogP contribution in [-0.2, 0) is 22.4 Å². The van der Waals surface area contributed by atoms with Crippen LogP contribution in [0.3, 0.4) is 0 Å². The summed E-state index contributed by atoms with van der Waals surface area (Å²) in [6.07, 6.45) is 0.185. The molecule has 2 aromatic rings. The van der Waals surface area contributed by atoms with E-state index in [-0.39, 0.29) is 12.8 Å². The van der Waals surface area contributed by atoms with Crippen LogP contribution in [0, 0.1) is 0 Å². The third-order valence-corrected chi connectivity index (χ3v) is 3.99. The zero-order valence-corrected chi connectivity index (χ0v) is 13.6. The first kappa shape index (κ1) is 16.8. The van der Waals surface area contributed by atoms with Crippen LogP contribution in [0.15, 0.2) is 48.5 Å². The van der Waals surface area contributed by atoms with Crippen molar-refractivity contribution in [2.75, 3.05) is 7.11 Å². The maximum atomic E-state index is 12.1. The van der Waals surface area contributed by atoms with E-state index in [1.54, 1.807) is 18.2 Å². The molecule has 22 heavy (non-hydrogen) atoms. The first-order chi connectivity index (χ1) is 10.4. The minimum atomic E-state index is -1.69. The highest BCUT2D eigenvalue weighted by molar-refractivity contribution is 6.35. The number of rotatable bonds is 5. The van der Waals surface area contributed by atoms with Crippen LogP contribution in [0.25, 0.3) is 0 Å². The molecule has 3 nitrogen and oxygen atoms in total. The summed E-state index contributed by atoms with van der Waals surface area (Å²) in [5.41, 5.74) is -0.219. The van der Waals surface area contributed by atoms with Gasteiger partial charge in [0.25, 0.3) is 0 Å². The third kappa shape index (κ3) is 4.01. The molecule has 0 bridgehead atoms. The van der Waals surface area contributed by atoms with Gasteiger partial charge < -0.3 is 9.84 Å². The Balaban J connectivity index is 2.31. The Morgan fingerprint density at radius 1 is 1.14 bits per heavy atom. The number of esters is 1. The van der Waals surface area contributed by atoms with Gasteiger partial charge in [-0.3, -0.25) is 0 Å². The van der Waals surface area contributed by atoms with Crippen molar-refractivity contribution in [2.45, 2.75) is 18.4 Å². The van der Waals surface area contributed by atoms with Crippen molar-refractivity contribution in [3.05, 3.63) is 69.7 Å². The molecule has 0 saturated carbocycles. The third-order valence-electron chi connectivity index (χ3n) is 3.40. The van der Waals surface area contributed by atoms with Gasteiger partial charge in [0.1, 0.15) is 0 Å². The molecule has 5 heteroatoms. The summed E-state index contributed by atoms with van der Waals surface area (Å²) in [6.45, 7) is 0. The van der Waals surface area contributed by atoms with E-state index >= 15 is 0 Å². The second-order valence-electron chi connectivity index (χ2n) is 5.10. The Morgan fingerprint density at radius 3 is 2.41 bits per heavy atom. The van der Waals surface area contributed by atoms with Crippen molar-refractivity contribution in [3.63, 3.8) is 0 Å². The number of aliphatic hydroxyl groups is 1. The molecular formula is C17H16Cl2O3. The lowest BCUT2D eigenvalue weighted by Crippen LogP contribution is -2.44. The fraction of sp³-hybridized carbons (Fsp3) is 0.235. The summed E-state index contributed by atoms with van der Waals surface area (Å²) in [5.74, 6) is -0.692. The van der Waals surface area contributed by atoms with Gasteiger partial charge in [0.2, 0.25) is 0 Å². The summed E-state index contributed by atoms with van der Waals surface area (Å²) in [4.78, 5) is 12.1. The van der Waals surface area contributed by atoms with Gasteiger partial charge in [-0.05, 0) is 23.3 Å². The summed E-state index contributed by atoms with van der Waals surface area (Å²) in [7, 11) is 1.25. The molecule has 0 aliphatic rings. The molecule has 2 rings (SSSR count). The Bertz CT molecular complexity index is 658. The summed E-state index contributed by atoms with van der Waals surface area (Å²) >= 11 is 12.0. The SMILES string of the molecule is COC(=O)[C@](O)(Cc1ccccc1)Cc1ccc(Cl)cc1Cl. The number of carbonyl (C=O) groups excluding carboxylic acids is 1. The van der Waals surface area contributed by atoms with Crippen LogP contribution in [0.1, 0.15) is 11.1 Å². The van der Waals surface area contributed by atoms with Crippen molar-refractivity contribution >= 4 is 29.2 Å². The molecule has 2 aromatic carbocycles. The van der Waals surface area contributed by atoms with Crippen LogP contribution in [0.4, 0.5) is 0 Å². The highest BCUT2D eigenvalue weighted by Gasteiger charge is 2.38. The summed E-state index contributed by atoms with van der Waals surface area (Å²) < 4.78 is 4.77. The summed E-state index contributed by atoms with van der Waals surface area (Å²) in [6, 6.07) is 14.2. The standard InChI is InChI=1S/C17H16Cl2O3/c1-22-16(20)17(21,10-12-5-3-2-4-6-12)11-13-7-8-14(18)9-15(13)19/h2-9,21H,10-11H2,1H3/t17-/m0/s1. The number of carbonyl (C=O) groups is 1. The average molecular weight is 339 g/mol. The minimum absolute atomic E-state index is 0.0462. The van der Waals surface area contributed by atoms with E-state index in [2.05, 4.69) is 0 Å². The van der Waals surface area contributed by atoms with Gasteiger partial charge in [-0.15, -0.1) is 0 Å². The van der Waals surface area contributed by atoms with Gasteiger partial charge in [-0.2, -0.15) is 0 Å². The van der Waals surface area contributed by atoms with E-state index in [4.69, 9.17) is 27.9 Å². The highest BCUT2D eigenvalue weighted by atomic mass is 35.5. The fourth-order valence-electron chi connectivity index (χ4n) is 2.31. The van der Waals surface area contributed by atoms with Gasteiger partial charge >= 0.3 is 5.97 Å². The molecule has 116 valence electrons. The van der Waals surface area contributed by atoms with E-state index in [1.165, 1.54) is 7.11 Å². The van der Waals surface area contributed by atoms with Gasteiger partial charge in [0.15, 0.2) is 5.60 Å². The zero-order valence-electron chi connectivity index (χ0n) is 12.1. The quantitative estimate of drug-likeness (QED) is 0.846. The second-order valence-corrected chi connectivity index (χ2v) is 5.94. The number of halogens is 2. The fourth-order valence-corrected chi connectivity index (χ4v) is 2.79. The van der Waals surface area contributed by atoms with Gasteiger partial charge in [-0.25, -0.2) is 4.79 Å². The van der Waals surface area contributed by atoms with Gasteiger partial charge in [0, 0.05) is 22.9 Å². The Labute approximate surface area is 139 Å². The number of hydrogen-bond acceptors (Lipinski definition) is 3. The molecule has 0 unspecified atom stereocenters. The Kier molecular flexibility index (Phi) is 5.46. The maximum Gasteiger partial charge on any atom is 0.338 e. The normalized spacial score (nSPS) is 13.5. The van der Waals surface area contributed by atoms with Crippen LogP contribution < -0.4 is 0 Å². The zero-order chi connectivity index (χ0) is 16.2. The van der Waals surface area contributed by atoms with Crippen molar-refractivity contribution in [1.82, 2.24) is 0 Å². The second kappa shape index (κ2) is 7.14. The van der Waals surface area contributed by atoms with Crippen LogP contribution in [0.5, 0.6) is 0 Å². The van der Waals surface area contributed by atoms with Crippen LogP contribution in [0.2, 0.25) is 10.0 Å². The van der Waals surface area contributed by atoms with Gasteiger partial charge in [-0.1, -0.05) is 59.6 Å². The lowest BCUT2D eigenvalue weighted by Gasteiger charge is -2.26. The first-order valence-electron chi connectivity index (χ1n) is 6.73. The van der Waals surface area contributed by atoms with E-state index in [0.717, 1.165) is 5.56 Å². The Morgan fingerprint density at radius 2 is 1.82 bits per heavy atom. The largest absolute Gasteiger partial charge is 0.467 e. The molecule has 0 radical (unpaired) electrons. The van der Waals surface area contributed by atoms with Crippen molar-refractivity contribution in [1.29, 1.82) is 0 Å². The maximum absolute atomic E-state index is 12.1. The molecule has 1 atom stereocenters. The molecule has 0 amide bonds. The molecule has 0 aliphatic carbocycles. The smallest absolute Gasteiger partial charge is 0.338 e. The predicted molar refractivity (Wildman–Crippen MR) is 87.3 cm³/mol. The molecule has 0 spiro atoms. The van der Waals surface area contributed by atoms with E-state index in [9.17, 15) is 9.90 Å². The van der Waals surface area contributed by atoms with Gasteiger partial charge in [0.05, 0.1) is 7.11 Å². The topological polar surface area (TPSA) is 46.5 Å². The molecule has 0 fully saturated rings. The average Bonchev–Trinajstić information content (AvgIpc) is 2.50. The molecular weight excluding hydrogens is 323 g/mol. The summed E-state index contributed by atoms with van der Waals surface area (Å²) in [5, 5.41) is 11.7. The molecule has 0 heterocycles. The van der Waals surface area contributed by atoms with Crippen molar-refractivity contribution in [2.24, 2.45) is 0 Å². The van der Waals surface area contributed by atoms with E-state index in [0.29, 0.717) is 15.6 Å². The molecule has 0 aromatic heterocycles. The van der Waals surface area contributed by atoms with Crippen molar-refractivity contribution in [3.8, 4) is 0 Å². The van der Waals surface area contributed by atoms with Crippen LogP contribution >= 0.6 is 23.2 Å². The number of methoxy groups -OCH3 is 1. The van der Waals surface area contributed by atoms with Crippen molar-refractivity contribution < 1.29 is 14.6 Å². The minimum Gasteiger partial charge on any atom is -0.467 e. The number of hydrogen-bond donors (Lipinski definition) is 1. The highest BCUT2D eigenvalue weighted by Crippen LogP contribution is 2.27. The number of ether oxygens (including phenoxy) is 1. The van der Waals surface area contributed by atoms with E-state index in [1.807, 2.05) is 30.3 Å². The lowest BCUT2D eigenvalue weighted by molar-refractivity contribution is -0.162.